The van der Waals surface area contributed by atoms with Crippen molar-refractivity contribution in [2.75, 3.05) is 13.1 Å². The van der Waals surface area contributed by atoms with Gasteiger partial charge in [-0.25, -0.2) is 0 Å². The third kappa shape index (κ3) is 4.96. The summed E-state index contributed by atoms with van der Waals surface area (Å²) in [7, 11) is 0. The molecule has 0 unspecified atom stereocenters. The van der Waals surface area contributed by atoms with E-state index in [1.54, 1.807) is 12.1 Å². The second-order valence-corrected chi connectivity index (χ2v) is 6.98. The number of benzene rings is 1. The Labute approximate surface area is 144 Å². The smallest absolute Gasteiger partial charge is 0.394 e. The van der Waals surface area contributed by atoms with Crippen molar-refractivity contribution in [1.29, 1.82) is 0 Å². The number of rotatable bonds is 5. The van der Waals surface area contributed by atoms with Crippen molar-refractivity contribution >= 4 is 11.9 Å². The highest BCUT2D eigenvalue weighted by atomic mass is 19.4. The monoisotopic (exact) mass is 357 g/mol. The standard InChI is InChI=1S/C18H22F3NO3/c1-11(2)7-12-3-5-13(6-4-12)8-16(23)22-9-14(17(24)25)15(10-22)18(19,20)21/h3-6,11,14-15H,7-10H2,1-2H3,(H,24,25)/t14-,15-/m1/s1. The van der Waals surface area contributed by atoms with Gasteiger partial charge in [0.2, 0.25) is 5.91 Å². The van der Waals surface area contributed by atoms with Crippen LogP contribution in [0, 0.1) is 17.8 Å². The summed E-state index contributed by atoms with van der Waals surface area (Å²) in [6.45, 7) is 3.20. The molecule has 4 nitrogen and oxygen atoms in total. The van der Waals surface area contributed by atoms with Crippen LogP contribution in [0.1, 0.15) is 25.0 Å². The van der Waals surface area contributed by atoms with E-state index in [0.717, 1.165) is 16.9 Å². The zero-order chi connectivity index (χ0) is 18.8. The van der Waals surface area contributed by atoms with E-state index in [0.29, 0.717) is 11.5 Å². The lowest BCUT2D eigenvalue weighted by atomic mass is 9.96. The first-order chi connectivity index (χ1) is 11.6. The Bertz CT molecular complexity index is 625. The average molecular weight is 357 g/mol. The molecule has 1 heterocycles. The largest absolute Gasteiger partial charge is 0.481 e. The molecule has 1 fully saturated rings. The number of nitrogens with zero attached hydrogens (tertiary/aromatic N) is 1. The molecule has 25 heavy (non-hydrogen) atoms. The predicted octanol–water partition coefficient (Wildman–Crippen LogP) is 3.15. The molecule has 1 aliphatic heterocycles. The van der Waals surface area contributed by atoms with Gasteiger partial charge in [-0.05, 0) is 23.5 Å². The predicted molar refractivity (Wildman–Crippen MR) is 85.9 cm³/mol. The summed E-state index contributed by atoms with van der Waals surface area (Å²) in [5, 5.41) is 9.00. The van der Waals surface area contributed by atoms with E-state index in [9.17, 15) is 22.8 Å². The minimum Gasteiger partial charge on any atom is -0.481 e. The molecule has 1 aromatic rings. The fourth-order valence-corrected chi connectivity index (χ4v) is 3.14. The van der Waals surface area contributed by atoms with Crippen LogP contribution in [0.25, 0.3) is 0 Å². The van der Waals surface area contributed by atoms with E-state index in [1.807, 2.05) is 12.1 Å². The number of alkyl halides is 3. The van der Waals surface area contributed by atoms with Gasteiger partial charge < -0.3 is 10.0 Å². The maximum Gasteiger partial charge on any atom is 0.394 e. The normalized spacial score (nSPS) is 21.0. The third-order valence-electron chi connectivity index (χ3n) is 4.43. The second kappa shape index (κ2) is 7.45. The molecule has 1 aromatic carbocycles. The topological polar surface area (TPSA) is 57.6 Å². The Balaban J connectivity index is 2.02. The van der Waals surface area contributed by atoms with Gasteiger partial charge in [0.05, 0.1) is 18.3 Å². The number of amides is 1. The molecular formula is C18H22F3NO3. The molecule has 1 N–H and O–H groups in total. The van der Waals surface area contributed by atoms with Crippen LogP contribution in [-0.4, -0.2) is 41.1 Å². The molecule has 0 saturated carbocycles. The van der Waals surface area contributed by atoms with Gasteiger partial charge in [-0.1, -0.05) is 38.1 Å². The zero-order valence-corrected chi connectivity index (χ0v) is 14.2. The minimum absolute atomic E-state index is 0.0289. The van der Waals surface area contributed by atoms with Gasteiger partial charge in [-0.3, -0.25) is 9.59 Å². The van der Waals surface area contributed by atoms with E-state index in [1.165, 1.54) is 0 Å². The molecule has 0 radical (unpaired) electrons. The number of likely N-dealkylation sites (tertiary alicyclic amines) is 1. The number of hydrogen-bond donors (Lipinski definition) is 1. The van der Waals surface area contributed by atoms with Gasteiger partial charge in [-0.15, -0.1) is 0 Å². The van der Waals surface area contributed by atoms with Gasteiger partial charge in [-0.2, -0.15) is 13.2 Å². The molecule has 0 aliphatic carbocycles. The lowest BCUT2D eigenvalue weighted by Crippen LogP contribution is -2.34. The van der Waals surface area contributed by atoms with E-state index in [4.69, 9.17) is 5.11 Å². The summed E-state index contributed by atoms with van der Waals surface area (Å²) >= 11 is 0. The number of carbonyl (C=O) groups excluding carboxylic acids is 1. The Hall–Kier alpha value is -2.05. The van der Waals surface area contributed by atoms with Crippen molar-refractivity contribution in [2.45, 2.75) is 32.9 Å². The van der Waals surface area contributed by atoms with Crippen molar-refractivity contribution in [2.24, 2.45) is 17.8 Å². The van der Waals surface area contributed by atoms with Gasteiger partial charge in [0.15, 0.2) is 0 Å². The highest BCUT2D eigenvalue weighted by Gasteiger charge is 2.53. The molecule has 138 valence electrons. The first kappa shape index (κ1) is 19.3. The zero-order valence-electron chi connectivity index (χ0n) is 14.2. The number of carboxylic acid groups (broad SMARTS) is 1. The summed E-state index contributed by atoms with van der Waals surface area (Å²) in [6, 6.07) is 7.40. The maximum absolute atomic E-state index is 13.0. The Morgan fingerprint density at radius 1 is 1.16 bits per heavy atom. The molecule has 2 atom stereocenters. The molecule has 1 amide bonds. The second-order valence-electron chi connectivity index (χ2n) is 6.98. The number of aliphatic carboxylic acids is 1. The average Bonchev–Trinajstić information content (AvgIpc) is 2.94. The number of hydrogen-bond acceptors (Lipinski definition) is 2. The van der Waals surface area contributed by atoms with Crippen LogP contribution in [0.3, 0.4) is 0 Å². The van der Waals surface area contributed by atoms with Crippen LogP contribution in [0.4, 0.5) is 13.2 Å². The summed E-state index contributed by atoms with van der Waals surface area (Å²) in [5.74, 6) is -5.10. The Morgan fingerprint density at radius 2 is 1.72 bits per heavy atom. The number of halogens is 3. The van der Waals surface area contributed by atoms with Crippen molar-refractivity contribution in [3.05, 3.63) is 35.4 Å². The van der Waals surface area contributed by atoms with E-state index in [2.05, 4.69) is 13.8 Å². The van der Waals surface area contributed by atoms with Gasteiger partial charge in [0, 0.05) is 13.1 Å². The lowest BCUT2D eigenvalue weighted by Gasteiger charge is -2.18. The van der Waals surface area contributed by atoms with Crippen LogP contribution in [0.5, 0.6) is 0 Å². The molecule has 1 aliphatic rings. The highest BCUT2D eigenvalue weighted by Crippen LogP contribution is 2.37. The Kier molecular flexibility index (Phi) is 5.75. The number of carboxylic acids is 1. The molecule has 7 heteroatoms. The van der Waals surface area contributed by atoms with Crippen LogP contribution < -0.4 is 0 Å². The van der Waals surface area contributed by atoms with Crippen LogP contribution in [-0.2, 0) is 22.4 Å². The molecule has 2 rings (SSSR count). The number of carbonyl (C=O) groups is 2. The molecule has 0 aromatic heterocycles. The first-order valence-electron chi connectivity index (χ1n) is 8.23. The van der Waals surface area contributed by atoms with Crippen LogP contribution in [0.2, 0.25) is 0 Å². The van der Waals surface area contributed by atoms with E-state index < -0.39 is 43.0 Å². The third-order valence-corrected chi connectivity index (χ3v) is 4.43. The fourth-order valence-electron chi connectivity index (χ4n) is 3.14. The van der Waals surface area contributed by atoms with Crippen molar-refractivity contribution < 1.29 is 27.9 Å². The molecule has 1 saturated heterocycles. The summed E-state index contributed by atoms with van der Waals surface area (Å²) in [4.78, 5) is 24.4. The van der Waals surface area contributed by atoms with Gasteiger partial charge >= 0.3 is 12.1 Å². The fraction of sp³-hybridized carbons (Fsp3) is 0.556. The first-order valence-corrected chi connectivity index (χ1v) is 8.23. The summed E-state index contributed by atoms with van der Waals surface area (Å²) in [5.41, 5.74) is 1.84. The van der Waals surface area contributed by atoms with E-state index in [-0.39, 0.29) is 6.42 Å². The van der Waals surface area contributed by atoms with Gasteiger partial charge in [0.25, 0.3) is 0 Å². The van der Waals surface area contributed by atoms with Crippen molar-refractivity contribution in [3.8, 4) is 0 Å². The van der Waals surface area contributed by atoms with Crippen molar-refractivity contribution in [3.63, 3.8) is 0 Å². The summed E-state index contributed by atoms with van der Waals surface area (Å²) in [6.07, 6.45) is -3.75. The van der Waals surface area contributed by atoms with Crippen LogP contribution >= 0.6 is 0 Å². The summed E-state index contributed by atoms with van der Waals surface area (Å²) < 4.78 is 38.9. The molecular weight excluding hydrogens is 335 g/mol. The molecule has 0 spiro atoms. The van der Waals surface area contributed by atoms with Gasteiger partial charge in [0.1, 0.15) is 0 Å². The van der Waals surface area contributed by atoms with E-state index >= 15 is 0 Å². The Morgan fingerprint density at radius 3 is 2.16 bits per heavy atom. The minimum atomic E-state index is -4.63. The lowest BCUT2D eigenvalue weighted by molar-refractivity contribution is -0.188. The van der Waals surface area contributed by atoms with Crippen LogP contribution in [0.15, 0.2) is 24.3 Å². The van der Waals surface area contributed by atoms with Crippen molar-refractivity contribution in [1.82, 2.24) is 4.90 Å². The maximum atomic E-state index is 13.0. The molecule has 0 bridgehead atoms. The quantitative estimate of drug-likeness (QED) is 0.881. The SMILES string of the molecule is CC(C)Cc1ccc(CC(=O)N2C[C@@H](C(F)(F)F)[C@H](C(=O)O)C2)cc1. The highest BCUT2D eigenvalue weighted by molar-refractivity contribution is 5.81.